The molecule has 135 valence electrons. The molecule has 0 N–H and O–H groups in total. The molecular formula is C18H8ClF3N3OS. The number of hydrogen-bond acceptors (Lipinski definition) is 5. The van der Waals surface area contributed by atoms with Crippen LogP contribution in [0.1, 0.15) is 5.56 Å². The number of pyridine rings is 1. The summed E-state index contributed by atoms with van der Waals surface area (Å²) >= 11 is 7.64. The first-order chi connectivity index (χ1) is 12.9. The molecule has 1 aromatic carbocycles. The van der Waals surface area contributed by atoms with Gasteiger partial charge in [0.2, 0.25) is 5.88 Å². The maximum Gasteiger partial charge on any atom is 0.417 e. The first kappa shape index (κ1) is 17.7. The quantitative estimate of drug-likeness (QED) is 0.417. The average molecular weight is 407 g/mol. The molecule has 9 heteroatoms. The minimum absolute atomic E-state index is 0.00779. The van der Waals surface area contributed by atoms with E-state index in [-0.39, 0.29) is 11.6 Å². The van der Waals surface area contributed by atoms with Gasteiger partial charge < -0.3 is 4.74 Å². The molecule has 0 unspecified atom stereocenters. The fraction of sp³-hybridized carbons (Fsp3) is 0.0556. The third kappa shape index (κ3) is 3.45. The van der Waals surface area contributed by atoms with Crippen molar-refractivity contribution in [3.05, 3.63) is 64.9 Å². The van der Waals surface area contributed by atoms with E-state index in [0.29, 0.717) is 26.5 Å². The van der Waals surface area contributed by atoms with Gasteiger partial charge in [-0.2, -0.15) is 13.2 Å². The third-order valence-electron chi connectivity index (χ3n) is 3.67. The number of para-hydroxylation sites is 1. The molecule has 4 nitrogen and oxygen atoms in total. The van der Waals surface area contributed by atoms with Crippen LogP contribution in [0.25, 0.3) is 21.5 Å². The molecule has 4 rings (SSSR count). The molecule has 0 saturated heterocycles. The third-order valence-corrected chi connectivity index (χ3v) is 4.98. The Hall–Kier alpha value is -2.71. The number of ether oxygens (including phenoxy) is 1. The Morgan fingerprint density at radius 3 is 2.70 bits per heavy atom. The highest BCUT2D eigenvalue weighted by atomic mass is 35.5. The van der Waals surface area contributed by atoms with E-state index in [1.54, 1.807) is 23.6 Å². The van der Waals surface area contributed by atoms with Gasteiger partial charge >= 0.3 is 6.18 Å². The van der Waals surface area contributed by atoms with Gasteiger partial charge in [0, 0.05) is 29.3 Å². The fourth-order valence-electron chi connectivity index (χ4n) is 2.45. The molecule has 0 bridgehead atoms. The lowest BCUT2D eigenvalue weighted by Gasteiger charge is -2.11. The summed E-state index contributed by atoms with van der Waals surface area (Å²) < 4.78 is 43.7. The molecule has 27 heavy (non-hydrogen) atoms. The molecule has 0 aliphatic rings. The highest BCUT2D eigenvalue weighted by Gasteiger charge is 2.30. The van der Waals surface area contributed by atoms with E-state index in [4.69, 9.17) is 16.3 Å². The van der Waals surface area contributed by atoms with Crippen LogP contribution < -0.4 is 4.74 Å². The molecule has 0 spiro atoms. The lowest BCUT2D eigenvalue weighted by Crippen LogP contribution is -2.05. The van der Waals surface area contributed by atoms with Crippen molar-refractivity contribution >= 4 is 33.2 Å². The van der Waals surface area contributed by atoms with Crippen LogP contribution in [-0.2, 0) is 6.18 Å². The molecule has 4 aromatic rings. The number of benzene rings is 1. The van der Waals surface area contributed by atoms with Crippen LogP contribution in [0.2, 0.25) is 5.02 Å². The Bertz CT molecular complexity index is 1110. The summed E-state index contributed by atoms with van der Waals surface area (Å²) in [5, 5.41) is 2.94. The van der Waals surface area contributed by atoms with Gasteiger partial charge in [-0.05, 0) is 12.1 Å². The van der Waals surface area contributed by atoms with Gasteiger partial charge in [0.25, 0.3) is 0 Å². The van der Waals surface area contributed by atoms with Crippen LogP contribution in [0.4, 0.5) is 13.2 Å². The highest BCUT2D eigenvalue weighted by Crippen LogP contribution is 2.39. The normalized spacial score (nSPS) is 11.7. The average Bonchev–Trinajstić information content (AvgIpc) is 3.03. The van der Waals surface area contributed by atoms with Gasteiger partial charge in [-0.15, -0.1) is 11.3 Å². The number of nitrogens with zero attached hydrogens (tertiary/aromatic N) is 3. The molecular weight excluding hydrogens is 399 g/mol. The molecule has 0 aliphatic carbocycles. The van der Waals surface area contributed by atoms with Gasteiger partial charge in [0.05, 0.1) is 21.7 Å². The molecule has 0 atom stereocenters. The van der Waals surface area contributed by atoms with Crippen LogP contribution in [0.3, 0.4) is 0 Å². The fourth-order valence-corrected chi connectivity index (χ4v) is 3.58. The second-order valence-corrected chi connectivity index (χ2v) is 6.65. The zero-order valence-electron chi connectivity index (χ0n) is 13.3. The summed E-state index contributed by atoms with van der Waals surface area (Å²) in [7, 11) is 0. The van der Waals surface area contributed by atoms with Crippen LogP contribution in [-0.4, -0.2) is 15.0 Å². The minimum atomic E-state index is -4.46. The minimum Gasteiger partial charge on any atom is -0.438 e. The number of halogens is 4. The van der Waals surface area contributed by atoms with Gasteiger partial charge in [0.15, 0.2) is 0 Å². The summed E-state index contributed by atoms with van der Waals surface area (Å²) in [4.78, 5) is 12.9. The number of fused-ring (bicyclic) bond motifs is 1. The first-order valence-electron chi connectivity index (χ1n) is 7.53. The SMILES string of the molecule is FC(F)(F)c1ccc(Oc2[c]cccc2-c2ncnc3scc(Cl)c23)nc1. The van der Waals surface area contributed by atoms with Gasteiger partial charge in [-0.25, -0.2) is 15.0 Å². The van der Waals surface area contributed by atoms with Crippen LogP contribution >= 0.6 is 22.9 Å². The Kier molecular flexibility index (Phi) is 4.45. The van der Waals surface area contributed by atoms with Gasteiger partial charge in [-0.3, -0.25) is 0 Å². The van der Waals surface area contributed by atoms with Crippen molar-refractivity contribution in [2.24, 2.45) is 0 Å². The zero-order valence-corrected chi connectivity index (χ0v) is 14.9. The van der Waals surface area contributed by atoms with Crippen LogP contribution in [0.5, 0.6) is 11.6 Å². The number of alkyl halides is 3. The van der Waals surface area contributed by atoms with Crippen LogP contribution in [0, 0.1) is 6.07 Å². The topological polar surface area (TPSA) is 47.9 Å². The monoisotopic (exact) mass is 406 g/mol. The summed E-state index contributed by atoms with van der Waals surface area (Å²) in [6.07, 6.45) is -2.33. The van der Waals surface area contributed by atoms with E-state index in [0.717, 1.165) is 18.3 Å². The van der Waals surface area contributed by atoms with Crippen molar-refractivity contribution in [3.8, 4) is 22.9 Å². The standard InChI is InChI=1S/C18H8ClF3N3OS/c19-12-8-27-17-15(12)16(24-9-25-17)11-3-1-2-4-13(11)26-14-6-5-10(7-23-14)18(20,21)22/h1-3,5-9H. The molecule has 1 radical (unpaired) electrons. The van der Waals surface area contributed by atoms with Gasteiger partial charge in [-0.1, -0.05) is 23.7 Å². The predicted molar refractivity (Wildman–Crippen MR) is 96.0 cm³/mol. The Labute approximate surface area is 160 Å². The number of thiophene rings is 1. The number of hydrogen-bond donors (Lipinski definition) is 0. The second kappa shape index (κ2) is 6.79. The number of rotatable bonds is 3. The maximum atomic E-state index is 12.7. The molecule has 3 heterocycles. The highest BCUT2D eigenvalue weighted by molar-refractivity contribution is 7.17. The van der Waals surface area contributed by atoms with Gasteiger partial charge in [0.1, 0.15) is 16.9 Å². The van der Waals surface area contributed by atoms with Crippen molar-refractivity contribution in [1.82, 2.24) is 15.0 Å². The van der Waals surface area contributed by atoms with E-state index in [1.807, 2.05) is 0 Å². The lowest BCUT2D eigenvalue weighted by atomic mass is 10.1. The second-order valence-electron chi connectivity index (χ2n) is 5.38. The summed E-state index contributed by atoms with van der Waals surface area (Å²) in [5.41, 5.74) is 0.270. The van der Waals surface area contributed by atoms with E-state index >= 15 is 0 Å². The molecule has 3 aromatic heterocycles. The van der Waals surface area contributed by atoms with Crippen molar-refractivity contribution in [2.75, 3.05) is 0 Å². The summed E-state index contributed by atoms with van der Waals surface area (Å²) in [6.45, 7) is 0. The van der Waals surface area contributed by atoms with E-state index in [9.17, 15) is 13.2 Å². The van der Waals surface area contributed by atoms with Crippen molar-refractivity contribution in [2.45, 2.75) is 6.18 Å². The van der Waals surface area contributed by atoms with Crippen molar-refractivity contribution in [1.29, 1.82) is 0 Å². The largest absolute Gasteiger partial charge is 0.438 e. The molecule has 0 amide bonds. The predicted octanol–water partition coefficient (Wildman–Crippen LogP) is 6.02. The molecule has 0 fully saturated rings. The Morgan fingerprint density at radius 1 is 1.11 bits per heavy atom. The number of aromatic nitrogens is 3. The molecule has 0 saturated carbocycles. The van der Waals surface area contributed by atoms with Crippen LogP contribution in [0.15, 0.2) is 48.2 Å². The maximum absolute atomic E-state index is 12.7. The van der Waals surface area contributed by atoms with Crippen molar-refractivity contribution < 1.29 is 17.9 Å². The summed E-state index contributed by atoms with van der Waals surface area (Å²) in [5.74, 6) is 0.278. The van der Waals surface area contributed by atoms with E-state index in [1.165, 1.54) is 17.7 Å². The molecule has 0 aliphatic heterocycles. The Balaban J connectivity index is 1.75. The smallest absolute Gasteiger partial charge is 0.417 e. The first-order valence-corrected chi connectivity index (χ1v) is 8.79. The lowest BCUT2D eigenvalue weighted by molar-refractivity contribution is -0.137. The summed E-state index contributed by atoms with van der Waals surface area (Å²) in [6, 6.07) is 10.1. The van der Waals surface area contributed by atoms with E-state index in [2.05, 4.69) is 21.0 Å². The van der Waals surface area contributed by atoms with Crippen molar-refractivity contribution in [3.63, 3.8) is 0 Å². The Morgan fingerprint density at radius 2 is 1.96 bits per heavy atom. The van der Waals surface area contributed by atoms with E-state index < -0.39 is 11.7 Å². The zero-order chi connectivity index (χ0) is 19.0.